The van der Waals surface area contributed by atoms with Crippen molar-refractivity contribution < 1.29 is 4.74 Å². The SMILES string of the molecule is CCC(C)N(CC)Cc1cc(CNC2CC2)ccc1OC. The first-order chi connectivity index (χ1) is 10.2. The molecule has 1 unspecified atom stereocenters. The second kappa shape index (κ2) is 7.81. The van der Waals surface area contributed by atoms with Gasteiger partial charge in [-0.1, -0.05) is 19.9 Å². The molecule has 0 radical (unpaired) electrons. The molecule has 21 heavy (non-hydrogen) atoms. The van der Waals surface area contributed by atoms with E-state index in [2.05, 4.69) is 49.2 Å². The summed E-state index contributed by atoms with van der Waals surface area (Å²) in [5.41, 5.74) is 2.66. The zero-order chi connectivity index (χ0) is 15.2. The molecule has 1 aliphatic carbocycles. The van der Waals surface area contributed by atoms with Gasteiger partial charge in [0.15, 0.2) is 0 Å². The number of methoxy groups -OCH3 is 1. The summed E-state index contributed by atoms with van der Waals surface area (Å²) in [7, 11) is 1.76. The summed E-state index contributed by atoms with van der Waals surface area (Å²) in [6, 6.07) is 7.95. The summed E-state index contributed by atoms with van der Waals surface area (Å²) < 4.78 is 5.55. The van der Waals surface area contributed by atoms with Gasteiger partial charge in [-0.05, 0) is 50.4 Å². The van der Waals surface area contributed by atoms with E-state index in [1.54, 1.807) is 7.11 Å². The van der Waals surface area contributed by atoms with Crippen molar-refractivity contribution in [3.63, 3.8) is 0 Å². The molecule has 1 saturated carbocycles. The highest BCUT2D eigenvalue weighted by Gasteiger charge is 2.20. The maximum atomic E-state index is 5.55. The Kier molecular flexibility index (Phi) is 6.07. The van der Waals surface area contributed by atoms with Crippen LogP contribution in [0.5, 0.6) is 5.75 Å². The molecule has 118 valence electrons. The Bertz CT molecular complexity index is 443. The summed E-state index contributed by atoms with van der Waals surface area (Å²) in [6.07, 6.45) is 3.85. The lowest BCUT2D eigenvalue weighted by molar-refractivity contribution is 0.203. The van der Waals surface area contributed by atoms with E-state index in [4.69, 9.17) is 4.74 Å². The number of ether oxygens (including phenoxy) is 1. The molecule has 2 rings (SSSR count). The van der Waals surface area contributed by atoms with Crippen LogP contribution in [0.4, 0.5) is 0 Å². The van der Waals surface area contributed by atoms with Crippen LogP contribution in [0.15, 0.2) is 18.2 Å². The van der Waals surface area contributed by atoms with E-state index in [1.807, 2.05) is 0 Å². The van der Waals surface area contributed by atoms with E-state index in [-0.39, 0.29) is 0 Å². The number of rotatable bonds is 9. The monoisotopic (exact) mass is 290 g/mol. The number of hydrogen-bond donors (Lipinski definition) is 1. The number of hydrogen-bond acceptors (Lipinski definition) is 3. The molecular weight excluding hydrogens is 260 g/mol. The molecule has 3 nitrogen and oxygen atoms in total. The van der Waals surface area contributed by atoms with Gasteiger partial charge in [-0.2, -0.15) is 0 Å². The fourth-order valence-corrected chi connectivity index (χ4v) is 2.67. The van der Waals surface area contributed by atoms with Crippen molar-refractivity contribution in [1.82, 2.24) is 10.2 Å². The summed E-state index contributed by atoms with van der Waals surface area (Å²) in [4.78, 5) is 2.51. The predicted octanol–water partition coefficient (Wildman–Crippen LogP) is 3.57. The van der Waals surface area contributed by atoms with Crippen molar-refractivity contribution in [3.05, 3.63) is 29.3 Å². The van der Waals surface area contributed by atoms with Crippen LogP contribution in [-0.2, 0) is 13.1 Å². The minimum atomic E-state index is 0.605. The average molecular weight is 290 g/mol. The molecule has 1 N–H and O–H groups in total. The molecule has 0 aromatic heterocycles. The third-order valence-corrected chi connectivity index (χ3v) is 4.51. The van der Waals surface area contributed by atoms with Gasteiger partial charge in [0.25, 0.3) is 0 Å². The fourth-order valence-electron chi connectivity index (χ4n) is 2.67. The van der Waals surface area contributed by atoms with E-state index in [0.29, 0.717) is 6.04 Å². The Labute approximate surface area is 129 Å². The van der Waals surface area contributed by atoms with Gasteiger partial charge in [-0.3, -0.25) is 4.90 Å². The molecule has 0 aliphatic heterocycles. The van der Waals surface area contributed by atoms with Crippen LogP contribution in [-0.4, -0.2) is 30.6 Å². The summed E-state index contributed by atoms with van der Waals surface area (Å²) in [5.74, 6) is 1.01. The van der Waals surface area contributed by atoms with Gasteiger partial charge in [0.1, 0.15) is 5.75 Å². The second-order valence-corrected chi connectivity index (χ2v) is 6.12. The molecule has 1 fully saturated rings. The van der Waals surface area contributed by atoms with Crippen LogP contribution in [0.1, 0.15) is 51.2 Å². The molecule has 0 amide bonds. The van der Waals surface area contributed by atoms with Crippen LogP contribution in [0.25, 0.3) is 0 Å². The van der Waals surface area contributed by atoms with Crippen LogP contribution < -0.4 is 10.1 Å². The Morgan fingerprint density at radius 3 is 2.67 bits per heavy atom. The molecule has 0 saturated heterocycles. The van der Waals surface area contributed by atoms with Crippen molar-refractivity contribution in [2.24, 2.45) is 0 Å². The average Bonchev–Trinajstić information content (AvgIpc) is 3.34. The quantitative estimate of drug-likeness (QED) is 0.752. The van der Waals surface area contributed by atoms with Gasteiger partial charge < -0.3 is 10.1 Å². The van der Waals surface area contributed by atoms with Gasteiger partial charge >= 0.3 is 0 Å². The normalized spacial score (nSPS) is 16.2. The number of nitrogens with one attached hydrogen (secondary N) is 1. The van der Waals surface area contributed by atoms with Crippen molar-refractivity contribution in [3.8, 4) is 5.75 Å². The summed E-state index contributed by atoms with van der Waals surface area (Å²) in [5, 5.41) is 3.58. The topological polar surface area (TPSA) is 24.5 Å². The van der Waals surface area contributed by atoms with E-state index >= 15 is 0 Å². The Hall–Kier alpha value is -1.06. The Morgan fingerprint density at radius 1 is 1.33 bits per heavy atom. The highest BCUT2D eigenvalue weighted by Crippen LogP contribution is 2.24. The van der Waals surface area contributed by atoms with Crippen LogP contribution in [0.3, 0.4) is 0 Å². The molecule has 1 aliphatic rings. The van der Waals surface area contributed by atoms with Gasteiger partial charge in [-0.25, -0.2) is 0 Å². The van der Waals surface area contributed by atoms with Crippen LogP contribution in [0, 0.1) is 0 Å². The van der Waals surface area contributed by atoms with Gasteiger partial charge in [0.2, 0.25) is 0 Å². The number of nitrogens with zero attached hydrogens (tertiary/aromatic N) is 1. The maximum Gasteiger partial charge on any atom is 0.123 e. The molecule has 1 aromatic rings. The third kappa shape index (κ3) is 4.72. The lowest BCUT2D eigenvalue weighted by Crippen LogP contribution is -2.32. The zero-order valence-corrected chi connectivity index (χ0v) is 14.0. The first kappa shape index (κ1) is 16.3. The Balaban J connectivity index is 2.08. The van der Waals surface area contributed by atoms with E-state index < -0.39 is 0 Å². The van der Waals surface area contributed by atoms with E-state index in [0.717, 1.165) is 31.4 Å². The predicted molar refractivity (Wildman–Crippen MR) is 88.7 cm³/mol. The summed E-state index contributed by atoms with van der Waals surface area (Å²) in [6.45, 7) is 9.79. The Morgan fingerprint density at radius 2 is 2.10 bits per heavy atom. The maximum absolute atomic E-state index is 5.55. The van der Waals surface area contributed by atoms with Gasteiger partial charge in [-0.15, -0.1) is 0 Å². The molecular formula is C18H30N2O. The first-order valence-electron chi connectivity index (χ1n) is 8.31. The minimum Gasteiger partial charge on any atom is -0.496 e. The lowest BCUT2D eigenvalue weighted by Gasteiger charge is -2.27. The van der Waals surface area contributed by atoms with Crippen molar-refractivity contribution in [1.29, 1.82) is 0 Å². The molecule has 3 heteroatoms. The first-order valence-corrected chi connectivity index (χ1v) is 8.31. The van der Waals surface area contributed by atoms with Crippen LogP contribution >= 0.6 is 0 Å². The second-order valence-electron chi connectivity index (χ2n) is 6.12. The van der Waals surface area contributed by atoms with Gasteiger partial charge in [0, 0.05) is 30.7 Å². The molecule has 0 heterocycles. The standard InChI is InChI=1S/C18H30N2O/c1-5-14(3)20(6-2)13-16-11-15(7-10-18(16)21-4)12-19-17-8-9-17/h7,10-11,14,17,19H,5-6,8-9,12-13H2,1-4H3. The van der Waals surface area contributed by atoms with Crippen molar-refractivity contribution in [2.75, 3.05) is 13.7 Å². The minimum absolute atomic E-state index is 0.605. The lowest BCUT2D eigenvalue weighted by atomic mass is 10.1. The largest absolute Gasteiger partial charge is 0.496 e. The molecule has 1 atom stereocenters. The highest BCUT2D eigenvalue weighted by molar-refractivity contribution is 5.37. The zero-order valence-electron chi connectivity index (χ0n) is 14.0. The number of benzene rings is 1. The molecule has 1 aromatic carbocycles. The molecule has 0 spiro atoms. The van der Waals surface area contributed by atoms with E-state index in [1.165, 1.54) is 30.4 Å². The fraction of sp³-hybridized carbons (Fsp3) is 0.667. The van der Waals surface area contributed by atoms with Crippen molar-refractivity contribution >= 4 is 0 Å². The smallest absolute Gasteiger partial charge is 0.123 e. The highest BCUT2D eigenvalue weighted by atomic mass is 16.5. The third-order valence-electron chi connectivity index (χ3n) is 4.51. The molecule has 0 bridgehead atoms. The van der Waals surface area contributed by atoms with E-state index in [9.17, 15) is 0 Å². The summed E-state index contributed by atoms with van der Waals surface area (Å²) >= 11 is 0. The van der Waals surface area contributed by atoms with Gasteiger partial charge in [0.05, 0.1) is 7.11 Å². The van der Waals surface area contributed by atoms with Crippen molar-refractivity contribution in [2.45, 2.75) is 65.2 Å². The van der Waals surface area contributed by atoms with Crippen LogP contribution in [0.2, 0.25) is 0 Å².